The lowest BCUT2D eigenvalue weighted by molar-refractivity contribution is -0.136. The van der Waals surface area contributed by atoms with Crippen molar-refractivity contribution in [1.29, 1.82) is 0 Å². The molecule has 6 heteroatoms. The zero-order valence-electron chi connectivity index (χ0n) is 16.9. The Balaban J connectivity index is 1.51. The molecule has 0 unspecified atom stereocenters. The van der Waals surface area contributed by atoms with Crippen LogP contribution in [0.1, 0.15) is 33.5 Å². The molecule has 31 heavy (non-hydrogen) atoms. The average Bonchev–Trinajstić information content (AvgIpc) is 3.22. The van der Waals surface area contributed by atoms with E-state index in [4.69, 9.17) is 9.84 Å². The van der Waals surface area contributed by atoms with Crippen LogP contribution < -0.4 is 9.64 Å². The van der Waals surface area contributed by atoms with Gasteiger partial charge in [-0.15, -0.1) is 0 Å². The number of rotatable bonds is 7. The molecule has 3 aromatic carbocycles. The van der Waals surface area contributed by atoms with Crippen molar-refractivity contribution >= 4 is 17.6 Å². The number of carbonyl (C=O) groups excluding carboxylic acids is 1. The zero-order chi connectivity index (χ0) is 21.8. The summed E-state index contributed by atoms with van der Waals surface area (Å²) in [6.07, 6.45) is 0.775. The van der Waals surface area contributed by atoms with E-state index in [-0.39, 0.29) is 25.4 Å². The lowest BCUT2D eigenvalue weighted by atomic mass is 10.1. The Bertz CT molecular complexity index is 1110. The molecule has 0 bridgehead atoms. The molecule has 0 radical (unpaired) electrons. The topological polar surface area (TPSA) is 66.8 Å². The molecule has 3 aromatic rings. The van der Waals surface area contributed by atoms with E-state index in [1.54, 1.807) is 29.2 Å². The van der Waals surface area contributed by atoms with Gasteiger partial charge in [-0.3, -0.25) is 9.59 Å². The van der Waals surface area contributed by atoms with Crippen LogP contribution in [0.4, 0.5) is 10.1 Å². The van der Waals surface area contributed by atoms with Gasteiger partial charge in [-0.2, -0.15) is 0 Å². The molecule has 0 fully saturated rings. The first-order valence-electron chi connectivity index (χ1n) is 10.1. The normalized spacial score (nSPS) is 12.5. The Morgan fingerprint density at radius 2 is 1.81 bits per heavy atom. The van der Waals surface area contributed by atoms with Crippen molar-refractivity contribution in [2.45, 2.75) is 25.9 Å². The minimum atomic E-state index is -0.965. The van der Waals surface area contributed by atoms with Gasteiger partial charge in [0.1, 0.15) is 18.2 Å². The number of anilines is 1. The summed E-state index contributed by atoms with van der Waals surface area (Å²) in [5, 5.41) is 8.77. The lowest BCUT2D eigenvalue weighted by Crippen LogP contribution is -2.29. The highest BCUT2D eigenvalue weighted by Crippen LogP contribution is 2.34. The summed E-state index contributed by atoms with van der Waals surface area (Å²) in [6.45, 7) is 0.794. The Hall–Kier alpha value is -3.67. The number of carboxylic acid groups (broad SMARTS) is 1. The first-order chi connectivity index (χ1) is 15.0. The van der Waals surface area contributed by atoms with Crippen LogP contribution in [0, 0.1) is 5.82 Å². The lowest BCUT2D eigenvalue weighted by Gasteiger charge is -2.21. The minimum absolute atomic E-state index is 0.0550. The molecular formula is C25H22FNO4. The van der Waals surface area contributed by atoms with Crippen LogP contribution in [0.25, 0.3) is 0 Å². The maximum absolute atomic E-state index is 14.3. The highest BCUT2D eigenvalue weighted by Gasteiger charge is 2.28. The quantitative estimate of drug-likeness (QED) is 0.607. The van der Waals surface area contributed by atoms with Crippen LogP contribution >= 0.6 is 0 Å². The van der Waals surface area contributed by atoms with Gasteiger partial charge in [-0.1, -0.05) is 42.5 Å². The first kappa shape index (κ1) is 20.6. The number of hydrogen-bond acceptors (Lipinski definition) is 3. The Morgan fingerprint density at radius 1 is 1.00 bits per heavy atom. The molecule has 158 valence electrons. The maximum atomic E-state index is 14.3. The smallest absolute Gasteiger partial charge is 0.303 e. The number of aliphatic carboxylic acids is 1. The third kappa shape index (κ3) is 4.58. The maximum Gasteiger partial charge on any atom is 0.303 e. The van der Waals surface area contributed by atoms with Crippen LogP contribution in [0.5, 0.6) is 5.75 Å². The minimum Gasteiger partial charge on any atom is -0.489 e. The molecular weight excluding hydrogens is 397 g/mol. The average molecular weight is 419 g/mol. The van der Waals surface area contributed by atoms with Gasteiger partial charge in [0.15, 0.2) is 0 Å². The van der Waals surface area contributed by atoms with Gasteiger partial charge >= 0.3 is 5.97 Å². The van der Waals surface area contributed by atoms with Crippen LogP contribution in [0.3, 0.4) is 0 Å². The van der Waals surface area contributed by atoms with Crippen molar-refractivity contribution in [1.82, 2.24) is 0 Å². The fourth-order valence-corrected chi connectivity index (χ4v) is 3.82. The molecule has 1 N–H and O–H groups in total. The van der Waals surface area contributed by atoms with Gasteiger partial charge in [0.05, 0.1) is 5.69 Å². The third-order valence-electron chi connectivity index (χ3n) is 5.37. The molecule has 1 aliphatic rings. The number of benzene rings is 3. The molecule has 0 atom stereocenters. The molecule has 0 saturated heterocycles. The van der Waals surface area contributed by atoms with E-state index < -0.39 is 11.8 Å². The zero-order valence-corrected chi connectivity index (χ0v) is 16.9. The van der Waals surface area contributed by atoms with Crippen molar-refractivity contribution < 1.29 is 23.8 Å². The summed E-state index contributed by atoms with van der Waals surface area (Å²) < 4.78 is 20.1. The summed E-state index contributed by atoms with van der Waals surface area (Å²) in [5.41, 5.74) is 3.77. The van der Waals surface area contributed by atoms with Crippen molar-refractivity contribution in [3.05, 3.63) is 94.8 Å². The fourth-order valence-electron chi connectivity index (χ4n) is 3.82. The van der Waals surface area contributed by atoms with Crippen molar-refractivity contribution in [3.8, 4) is 5.75 Å². The molecule has 0 spiro atoms. The van der Waals surface area contributed by atoms with E-state index in [1.807, 2.05) is 36.4 Å². The number of fused-ring (bicyclic) bond motifs is 1. The summed E-state index contributed by atoms with van der Waals surface area (Å²) >= 11 is 0. The summed E-state index contributed by atoms with van der Waals surface area (Å²) in [5.74, 6) is -1.15. The number of aryl methyl sites for hydroxylation is 1. The van der Waals surface area contributed by atoms with E-state index in [0.29, 0.717) is 23.4 Å². The standard InChI is InChI=1S/C25H22FNO4/c26-22-15-21(11-9-17(22)10-12-23(28)29)31-16-20-8-4-7-18-13-14-27(24(18)20)25(30)19-5-2-1-3-6-19/h1-9,11,15H,10,12-14,16H2,(H,28,29). The number of hydrogen-bond donors (Lipinski definition) is 1. The van der Waals surface area contributed by atoms with Crippen molar-refractivity contribution in [2.24, 2.45) is 0 Å². The largest absolute Gasteiger partial charge is 0.489 e. The van der Waals surface area contributed by atoms with Gasteiger partial charge in [0.2, 0.25) is 0 Å². The van der Waals surface area contributed by atoms with Gasteiger partial charge in [0, 0.05) is 30.2 Å². The summed E-state index contributed by atoms with van der Waals surface area (Å²) in [4.78, 5) is 25.5. The van der Waals surface area contributed by atoms with Crippen LogP contribution in [0.15, 0.2) is 66.7 Å². The van der Waals surface area contributed by atoms with E-state index in [2.05, 4.69) is 0 Å². The first-order valence-corrected chi connectivity index (χ1v) is 10.1. The van der Waals surface area contributed by atoms with Gasteiger partial charge in [-0.05, 0) is 42.2 Å². The Kier molecular flexibility index (Phi) is 5.98. The third-order valence-corrected chi connectivity index (χ3v) is 5.37. The highest BCUT2D eigenvalue weighted by molar-refractivity contribution is 6.07. The molecule has 0 aromatic heterocycles. The number of nitrogens with zero attached hydrogens (tertiary/aromatic N) is 1. The van der Waals surface area contributed by atoms with Crippen LogP contribution in [-0.4, -0.2) is 23.5 Å². The Labute approximate surface area is 179 Å². The number of para-hydroxylation sites is 1. The number of carboxylic acids is 1. The van der Waals surface area contributed by atoms with Crippen molar-refractivity contribution in [3.63, 3.8) is 0 Å². The van der Waals surface area contributed by atoms with Crippen LogP contribution in [0.2, 0.25) is 0 Å². The van der Waals surface area contributed by atoms with Crippen LogP contribution in [-0.2, 0) is 24.2 Å². The predicted octanol–water partition coefficient (Wildman–Crippen LogP) is 4.62. The molecule has 1 heterocycles. The number of ether oxygens (including phenoxy) is 1. The second-order valence-corrected chi connectivity index (χ2v) is 7.43. The SMILES string of the molecule is O=C(O)CCc1ccc(OCc2cccc3c2N(C(=O)c2ccccc2)CC3)cc1F. The second-order valence-electron chi connectivity index (χ2n) is 7.43. The van der Waals surface area contributed by atoms with E-state index in [9.17, 15) is 14.0 Å². The monoisotopic (exact) mass is 419 g/mol. The molecule has 4 rings (SSSR count). The number of carbonyl (C=O) groups is 2. The number of amides is 1. The second kappa shape index (κ2) is 9.00. The van der Waals surface area contributed by atoms with E-state index >= 15 is 0 Å². The van der Waals surface area contributed by atoms with Gasteiger partial charge in [0.25, 0.3) is 5.91 Å². The Morgan fingerprint density at radius 3 is 2.55 bits per heavy atom. The molecule has 1 aliphatic heterocycles. The van der Waals surface area contributed by atoms with Crippen molar-refractivity contribution in [2.75, 3.05) is 11.4 Å². The van der Waals surface area contributed by atoms with E-state index in [0.717, 1.165) is 23.2 Å². The molecule has 0 saturated carbocycles. The van der Waals surface area contributed by atoms with Gasteiger partial charge in [-0.25, -0.2) is 4.39 Å². The predicted molar refractivity (Wildman–Crippen MR) is 115 cm³/mol. The highest BCUT2D eigenvalue weighted by atomic mass is 19.1. The van der Waals surface area contributed by atoms with E-state index in [1.165, 1.54) is 6.07 Å². The molecule has 5 nitrogen and oxygen atoms in total. The molecule has 0 aliphatic carbocycles. The molecule has 1 amide bonds. The summed E-state index contributed by atoms with van der Waals surface area (Å²) in [7, 11) is 0. The fraction of sp³-hybridized carbons (Fsp3) is 0.200. The number of halogens is 1. The summed E-state index contributed by atoms with van der Waals surface area (Å²) in [6, 6.07) is 19.5. The van der Waals surface area contributed by atoms with Gasteiger partial charge < -0.3 is 14.7 Å².